The molecule has 0 fully saturated rings. The number of carbonyl (C=O) groups is 1. The van der Waals surface area contributed by atoms with Crippen LogP contribution in [0.15, 0.2) is 48.5 Å². The first kappa shape index (κ1) is 11.8. The Bertz CT molecular complexity index is 618. The van der Waals surface area contributed by atoms with E-state index in [1.54, 1.807) is 18.2 Å². The van der Waals surface area contributed by atoms with Crippen LogP contribution < -0.4 is 0 Å². The van der Waals surface area contributed by atoms with Crippen molar-refractivity contribution in [2.45, 2.75) is 0 Å². The second-order valence-corrected chi connectivity index (χ2v) is 3.82. The number of benzene rings is 2. The molecule has 18 heavy (non-hydrogen) atoms. The summed E-state index contributed by atoms with van der Waals surface area (Å²) >= 11 is 0. The predicted molar refractivity (Wildman–Crippen MR) is 71.9 cm³/mol. The fourth-order valence-electron chi connectivity index (χ4n) is 1.62. The third-order valence-corrected chi connectivity index (χ3v) is 2.61. The van der Waals surface area contributed by atoms with E-state index in [0.29, 0.717) is 11.1 Å². The van der Waals surface area contributed by atoms with E-state index >= 15 is 0 Å². The van der Waals surface area contributed by atoms with Crippen molar-refractivity contribution in [3.8, 4) is 6.07 Å². The summed E-state index contributed by atoms with van der Waals surface area (Å²) in [7, 11) is 0. The molecule has 0 N–H and O–H groups in total. The van der Waals surface area contributed by atoms with E-state index in [9.17, 15) is 4.79 Å². The van der Waals surface area contributed by atoms with E-state index in [0.717, 1.165) is 17.4 Å². The Morgan fingerprint density at radius 2 is 1.56 bits per heavy atom. The Hall–Kier alpha value is -2.66. The van der Waals surface area contributed by atoms with Crippen molar-refractivity contribution in [3.63, 3.8) is 0 Å². The van der Waals surface area contributed by atoms with Crippen molar-refractivity contribution >= 4 is 18.4 Å². The molecule has 0 heterocycles. The Labute approximate surface area is 106 Å². The molecule has 0 saturated carbocycles. The molecule has 0 radical (unpaired) electrons. The summed E-state index contributed by atoms with van der Waals surface area (Å²) in [5, 5.41) is 8.96. The molecule has 2 rings (SSSR count). The maximum Gasteiger partial charge on any atom is 0.150 e. The van der Waals surface area contributed by atoms with Gasteiger partial charge in [-0.25, -0.2) is 0 Å². The molecule has 0 aliphatic rings. The zero-order valence-corrected chi connectivity index (χ0v) is 9.71. The van der Waals surface area contributed by atoms with Gasteiger partial charge in [0.1, 0.15) is 6.29 Å². The van der Waals surface area contributed by atoms with Crippen LogP contribution in [0.5, 0.6) is 0 Å². The van der Waals surface area contributed by atoms with Gasteiger partial charge in [-0.15, -0.1) is 0 Å². The minimum absolute atomic E-state index is 0.651. The largest absolute Gasteiger partial charge is 0.298 e. The lowest BCUT2D eigenvalue weighted by Gasteiger charge is -1.97. The lowest BCUT2D eigenvalue weighted by atomic mass is 10.1. The van der Waals surface area contributed by atoms with Crippen LogP contribution in [0.3, 0.4) is 0 Å². The highest BCUT2D eigenvalue weighted by molar-refractivity contribution is 5.77. The summed E-state index contributed by atoms with van der Waals surface area (Å²) in [6.45, 7) is 0. The normalized spacial score (nSPS) is 10.2. The first-order valence-electron chi connectivity index (χ1n) is 5.56. The Morgan fingerprint density at radius 1 is 0.889 bits per heavy atom. The average Bonchev–Trinajstić information content (AvgIpc) is 2.46. The standard InChI is InChI=1S/C16H11NO/c17-11-16-4-2-1-3-15(16)10-9-13-5-7-14(12-18)8-6-13/h1-10,12H. The number of rotatable bonds is 3. The lowest BCUT2D eigenvalue weighted by molar-refractivity contribution is 0.112. The number of aldehydes is 1. The Morgan fingerprint density at radius 3 is 2.22 bits per heavy atom. The van der Waals surface area contributed by atoms with Gasteiger partial charge in [0.05, 0.1) is 11.6 Å². The molecule has 2 aromatic rings. The summed E-state index contributed by atoms with van der Waals surface area (Å²) in [6, 6.07) is 16.9. The zero-order chi connectivity index (χ0) is 12.8. The number of carbonyl (C=O) groups excluding carboxylic acids is 1. The van der Waals surface area contributed by atoms with E-state index < -0.39 is 0 Å². The van der Waals surface area contributed by atoms with Gasteiger partial charge in [0.25, 0.3) is 0 Å². The highest BCUT2D eigenvalue weighted by Crippen LogP contribution is 2.12. The van der Waals surface area contributed by atoms with Gasteiger partial charge in [0.15, 0.2) is 0 Å². The van der Waals surface area contributed by atoms with Crippen LogP contribution in [0.1, 0.15) is 27.0 Å². The molecule has 0 atom stereocenters. The maximum absolute atomic E-state index is 10.5. The summed E-state index contributed by atoms with van der Waals surface area (Å²) in [5.41, 5.74) is 3.19. The van der Waals surface area contributed by atoms with Crippen molar-refractivity contribution in [1.29, 1.82) is 5.26 Å². The highest BCUT2D eigenvalue weighted by atomic mass is 16.1. The van der Waals surface area contributed by atoms with Crippen LogP contribution in [0.2, 0.25) is 0 Å². The van der Waals surface area contributed by atoms with Crippen LogP contribution in [-0.2, 0) is 0 Å². The van der Waals surface area contributed by atoms with Crippen molar-refractivity contribution in [2.24, 2.45) is 0 Å². The van der Waals surface area contributed by atoms with Crippen molar-refractivity contribution in [1.82, 2.24) is 0 Å². The van der Waals surface area contributed by atoms with E-state index in [2.05, 4.69) is 6.07 Å². The number of nitrogens with zero attached hydrogens (tertiary/aromatic N) is 1. The van der Waals surface area contributed by atoms with Gasteiger partial charge in [0, 0.05) is 5.56 Å². The second kappa shape index (κ2) is 5.60. The van der Waals surface area contributed by atoms with Crippen molar-refractivity contribution < 1.29 is 4.79 Å². The Kier molecular flexibility index (Phi) is 3.68. The fourth-order valence-corrected chi connectivity index (χ4v) is 1.62. The lowest BCUT2D eigenvalue weighted by Crippen LogP contribution is -1.81. The molecule has 86 valence electrons. The van der Waals surface area contributed by atoms with E-state index in [-0.39, 0.29) is 0 Å². The fraction of sp³-hybridized carbons (Fsp3) is 0. The van der Waals surface area contributed by atoms with Gasteiger partial charge < -0.3 is 0 Å². The first-order chi connectivity index (χ1) is 8.83. The molecular formula is C16H11NO. The summed E-state index contributed by atoms with van der Waals surface area (Å²) in [4.78, 5) is 10.5. The van der Waals surface area contributed by atoms with Crippen LogP contribution in [0.4, 0.5) is 0 Å². The molecule has 0 aliphatic heterocycles. The SMILES string of the molecule is N#Cc1ccccc1C=Cc1ccc(C=O)cc1. The van der Waals surface area contributed by atoms with Crippen LogP contribution in [0.25, 0.3) is 12.2 Å². The first-order valence-corrected chi connectivity index (χ1v) is 5.56. The molecule has 0 unspecified atom stereocenters. The predicted octanol–water partition coefficient (Wildman–Crippen LogP) is 3.54. The van der Waals surface area contributed by atoms with E-state index in [1.807, 2.05) is 42.5 Å². The van der Waals surface area contributed by atoms with Crippen LogP contribution in [0, 0.1) is 11.3 Å². The van der Waals surface area contributed by atoms with Gasteiger partial charge >= 0.3 is 0 Å². The summed E-state index contributed by atoms with van der Waals surface area (Å²) in [5.74, 6) is 0. The van der Waals surface area contributed by atoms with Crippen LogP contribution in [-0.4, -0.2) is 6.29 Å². The van der Waals surface area contributed by atoms with Gasteiger partial charge in [-0.3, -0.25) is 4.79 Å². The van der Waals surface area contributed by atoms with Gasteiger partial charge in [-0.1, -0.05) is 54.6 Å². The molecule has 0 bridgehead atoms. The molecule has 2 heteroatoms. The molecule has 2 aromatic carbocycles. The summed E-state index contributed by atoms with van der Waals surface area (Å²) in [6.07, 6.45) is 4.64. The van der Waals surface area contributed by atoms with E-state index in [4.69, 9.17) is 5.26 Å². The molecule has 2 nitrogen and oxygen atoms in total. The Balaban J connectivity index is 2.24. The molecule has 0 aliphatic carbocycles. The molecule has 0 spiro atoms. The van der Waals surface area contributed by atoms with Gasteiger partial charge in [-0.2, -0.15) is 5.26 Å². The molecule has 0 amide bonds. The molecular weight excluding hydrogens is 222 g/mol. The van der Waals surface area contributed by atoms with Gasteiger partial charge in [0.2, 0.25) is 0 Å². The summed E-state index contributed by atoms with van der Waals surface area (Å²) < 4.78 is 0. The molecule has 0 aromatic heterocycles. The minimum Gasteiger partial charge on any atom is -0.298 e. The highest BCUT2D eigenvalue weighted by Gasteiger charge is 1.96. The minimum atomic E-state index is 0.651. The second-order valence-electron chi connectivity index (χ2n) is 3.82. The third-order valence-electron chi connectivity index (χ3n) is 2.61. The zero-order valence-electron chi connectivity index (χ0n) is 9.71. The monoisotopic (exact) mass is 233 g/mol. The van der Waals surface area contributed by atoms with Crippen LogP contribution >= 0.6 is 0 Å². The third kappa shape index (κ3) is 2.72. The quantitative estimate of drug-likeness (QED) is 0.601. The van der Waals surface area contributed by atoms with Gasteiger partial charge in [-0.05, 0) is 17.2 Å². The van der Waals surface area contributed by atoms with E-state index in [1.165, 1.54) is 0 Å². The average molecular weight is 233 g/mol. The number of hydrogen-bond acceptors (Lipinski definition) is 2. The smallest absolute Gasteiger partial charge is 0.150 e. The topological polar surface area (TPSA) is 40.9 Å². The van der Waals surface area contributed by atoms with Crippen molar-refractivity contribution in [3.05, 3.63) is 70.8 Å². The number of hydrogen-bond donors (Lipinski definition) is 0. The number of nitriles is 1. The molecule has 0 saturated heterocycles. The van der Waals surface area contributed by atoms with Crippen molar-refractivity contribution in [2.75, 3.05) is 0 Å². The maximum atomic E-state index is 10.5.